The van der Waals surface area contributed by atoms with E-state index in [1.807, 2.05) is 11.6 Å². The number of carbonyl (C=O) groups is 1. The minimum atomic E-state index is -0.577. The Labute approximate surface area is 119 Å². The van der Waals surface area contributed by atoms with Crippen molar-refractivity contribution in [3.8, 4) is 0 Å². The molecular weight excluding hydrogens is 258 g/mol. The predicted molar refractivity (Wildman–Crippen MR) is 74.0 cm³/mol. The van der Waals surface area contributed by atoms with E-state index in [1.54, 1.807) is 20.4 Å². The maximum Gasteiger partial charge on any atom is 0.242 e. The normalized spacial score (nSPS) is 23.1. The second kappa shape index (κ2) is 6.32. The minimum Gasteiger partial charge on any atom is -0.382 e. The van der Waals surface area contributed by atoms with E-state index in [9.17, 15) is 4.79 Å². The third-order valence-electron chi connectivity index (χ3n) is 4.01. The number of hydrogen-bond acceptors (Lipinski definition) is 5. The van der Waals surface area contributed by atoms with E-state index >= 15 is 0 Å². The predicted octanol–water partition coefficient (Wildman–Crippen LogP) is 0.0250. The lowest BCUT2D eigenvalue weighted by atomic mass is 9.95. The molecule has 1 aromatic rings. The van der Waals surface area contributed by atoms with Crippen LogP contribution in [0.25, 0.3) is 0 Å². The SMILES string of the molecule is CCn1nncc1CN1CCCC1(COC)C(=O)NC. The van der Waals surface area contributed by atoms with Gasteiger partial charge in [-0.2, -0.15) is 0 Å². The van der Waals surface area contributed by atoms with Crippen molar-refractivity contribution in [2.45, 2.75) is 38.4 Å². The first-order chi connectivity index (χ1) is 9.67. The second-order valence-corrected chi connectivity index (χ2v) is 5.11. The van der Waals surface area contributed by atoms with Crippen molar-refractivity contribution < 1.29 is 9.53 Å². The minimum absolute atomic E-state index is 0.0207. The van der Waals surface area contributed by atoms with E-state index < -0.39 is 5.54 Å². The van der Waals surface area contributed by atoms with Gasteiger partial charge in [0, 0.05) is 27.2 Å². The number of likely N-dealkylation sites (N-methyl/N-ethyl adjacent to an activating group) is 1. The van der Waals surface area contributed by atoms with Crippen LogP contribution in [0.15, 0.2) is 6.20 Å². The lowest BCUT2D eigenvalue weighted by Crippen LogP contribution is -2.57. The van der Waals surface area contributed by atoms with Gasteiger partial charge in [0.05, 0.1) is 18.5 Å². The third kappa shape index (κ3) is 2.55. The molecule has 0 spiro atoms. The van der Waals surface area contributed by atoms with Crippen molar-refractivity contribution in [2.75, 3.05) is 27.3 Å². The molecule has 7 heteroatoms. The van der Waals surface area contributed by atoms with Crippen LogP contribution in [0, 0.1) is 0 Å². The van der Waals surface area contributed by atoms with Gasteiger partial charge < -0.3 is 10.1 Å². The molecule has 2 heterocycles. The van der Waals surface area contributed by atoms with Gasteiger partial charge in [-0.15, -0.1) is 5.10 Å². The van der Waals surface area contributed by atoms with Gasteiger partial charge >= 0.3 is 0 Å². The van der Waals surface area contributed by atoms with Gasteiger partial charge in [0.15, 0.2) is 0 Å². The molecular formula is C13H23N5O2. The fourth-order valence-corrected chi connectivity index (χ4v) is 2.99. The maximum atomic E-state index is 12.3. The molecule has 1 amide bonds. The molecule has 1 aliphatic heterocycles. The lowest BCUT2D eigenvalue weighted by molar-refractivity contribution is -0.135. The zero-order valence-electron chi connectivity index (χ0n) is 12.4. The van der Waals surface area contributed by atoms with E-state index in [4.69, 9.17) is 4.74 Å². The Morgan fingerprint density at radius 1 is 1.60 bits per heavy atom. The first kappa shape index (κ1) is 14.9. The van der Waals surface area contributed by atoms with Crippen LogP contribution in [0.2, 0.25) is 0 Å². The Bertz CT molecular complexity index is 461. The Balaban J connectivity index is 2.22. The number of methoxy groups -OCH3 is 1. The molecule has 7 nitrogen and oxygen atoms in total. The number of nitrogens with zero attached hydrogens (tertiary/aromatic N) is 4. The summed E-state index contributed by atoms with van der Waals surface area (Å²) in [5.74, 6) is 0.0207. The second-order valence-electron chi connectivity index (χ2n) is 5.11. The molecule has 0 aromatic carbocycles. The molecule has 1 N–H and O–H groups in total. The number of aryl methyl sites for hydroxylation is 1. The summed E-state index contributed by atoms with van der Waals surface area (Å²) in [5, 5.41) is 10.8. The van der Waals surface area contributed by atoms with Crippen LogP contribution in [0.4, 0.5) is 0 Å². The third-order valence-corrected chi connectivity index (χ3v) is 4.01. The van der Waals surface area contributed by atoms with E-state index in [2.05, 4.69) is 20.5 Å². The van der Waals surface area contributed by atoms with Crippen molar-refractivity contribution in [1.29, 1.82) is 0 Å². The summed E-state index contributed by atoms with van der Waals surface area (Å²) in [4.78, 5) is 14.5. The monoisotopic (exact) mass is 281 g/mol. The van der Waals surface area contributed by atoms with Crippen LogP contribution in [-0.4, -0.2) is 58.6 Å². The Morgan fingerprint density at radius 3 is 3.05 bits per heavy atom. The number of amides is 1. The highest BCUT2D eigenvalue weighted by atomic mass is 16.5. The molecule has 112 valence electrons. The number of aromatic nitrogens is 3. The van der Waals surface area contributed by atoms with Crippen LogP contribution >= 0.6 is 0 Å². The quantitative estimate of drug-likeness (QED) is 0.796. The van der Waals surface area contributed by atoms with E-state index in [-0.39, 0.29) is 5.91 Å². The van der Waals surface area contributed by atoms with Gasteiger partial charge in [0.1, 0.15) is 5.54 Å². The summed E-state index contributed by atoms with van der Waals surface area (Å²) in [6.07, 6.45) is 3.57. The van der Waals surface area contributed by atoms with E-state index in [0.29, 0.717) is 13.2 Å². The summed E-state index contributed by atoms with van der Waals surface area (Å²) in [7, 11) is 3.31. The topological polar surface area (TPSA) is 72.3 Å². The smallest absolute Gasteiger partial charge is 0.242 e. The number of ether oxygens (including phenoxy) is 1. The van der Waals surface area contributed by atoms with Crippen molar-refractivity contribution in [3.63, 3.8) is 0 Å². The van der Waals surface area contributed by atoms with E-state index in [1.165, 1.54) is 0 Å². The fourth-order valence-electron chi connectivity index (χ4n) is 2.99. The van der Waals surface area contributed by atoms with E-state index in [0.717, 1.165) is 31.6 Å². The zero-order chi connectivity index (χ0) is 14.6. The average molecular weight is 281 g/mol. The number of rotatable bonds is 6. The van der Waals surface area contributed by atoms with Gasteiger partial charge in [-0.25, -0.2) is 4.68 Å². The van der Waals surface area contributed by atoms with Gasteiger partial charge in [-0.3, -0.25) is 9.69 Å². The average Bonchev–Trinajstić information content (AvgIpc) is 3.07. The van der Waals surface area contributed by atoms with Crippen LogP contribution < -0.4 is 5.32 Å². The highest BCUT2D eigenvalue weighted by molar-refractivity contribution is 5.86. The molecule has 1 fully saturated rings. The highest BCUT2D eigenvalue weighted by Crippen LogP contribution is 2.31. The highest BCUT2D eigenvalue weighted by Gasteiger charge is 2.47. The summed E-state index contributed by atoms with van der Waals surface area (Å²) in [6.45, 7) is 4.76. The van der Waals surface area contributed by atoms with Crippen molar-refractivity contribution in [1.82, 2.24) is 25.2 Å². The molecule has 20 heavy (non-hydrogen) atoms. The van der Waals surface area contributed by atoms with Crippen molar-refractivity contribution in [2.24, 2.45) is 0 Å². The molecule has 0 aliphatic carbocycles. The zero-order valence-corrected chi connectivity index (χ0v) is 12.4. The number of nitrogens with one attached hydrogen (secondary N) is 1. The Morgan fingerprint density at radius 2 is 2.40 bits per heavy atom. The standard InChI is InChI=1S/C13H23N5O2/c1-4-18-11(8-15-16-18)9-17-7-5-6-13(17,10-20-3)12(19)14-2/h8H,4-7,9-10H2,1-3H3,(H,14,19). The van der Waals surface area contributed by atoms with Crippen molar-refractivity contribution in [3.05, 3.63) is 11.9 Å². The van der Waals surface area contributed by atoms with Crippen LogP contribution in [0.5, 0.6) is 0 Å². The molecule has 2 rings (SSSR count). The molecule has 0 bridgehead atoms. The molecule has 1 atom stereocenters. The van der Waals surface area contributed by atoms with Gasteiger partial charge in [0.25, 0.3) is 0 Å². The summed E-state index contributed by atoms with van der Waals surface area (Å²) in [5.41, 5.74) is 0.450. The largest absolute Gasteiger partial charge is 0.382 e. The van der Waals surface area contributed by atoms with Gasteiger partial charge in [-0.05, 0) is 26.3 Å². The van der Waals surface area contributed by atoms with Gasteiger partial charge in [0.2, 0.25) is 5.91 Å². The Kier molecular flexibility index (Phi) is 4.72. The number of likely N-dealkylation sites (tertiary alicyclic amines) is 1. The number of carbonyl (C=O) groups excluding carboxylic acids is 1. The van der Waals surface area contributed by atoms with Crippen LogP contribution in [0.3, 0.4) is 0 Å². The van der Waals surface area contributed by atoms with Gasteiger partial charge in [-0.1, -0.05) is 5.21 Å². The van der Waals surface area contributed by atoms with Crippen molar-refractivity contribution >= 4 is 5.91 Å². The molecule has 1 saturated heterocycles. The molecule has 1 unspecified atom stereocenters. The van der Waals surface area contributed by atoms with Crippen LogP contribution in [0.1, 0.15) is 25.5 Å². The lowest BCUT2D eigenvalue weighted by Gasteiger charge is -2.36. The fraction of sp³-hybridized carbons (Fsp3) is 0.769. The summed E-state index contributed by atoms with van der Waals surface area (Å²) in [6, 6.07) is 0. The van der Waals surface area contributed by atoms with Crippen LogP contribution in [-0.2, 0) is 22.6 Å². The number of hydrogen-bond donors (Lipinski definition) is 1. The molecule has 1 aliphatic rings. The first-order valence-electron chi connectivity index (χ1n) is 7.01. The maximum absolute atomic E-state index is 12.3. The molecule has 0 radical (unpaired) electrons. The Hall–Kier alpha value is -1.47. The molecule has 0 saturated carbocycles. The first-order valence-corrected chi connectivity index (χ1v) is 7.01. The molecule has 1 aromatic heterocycles. The summed E-state index contributed by atoms with van der Waals surface area (Å²) < 4.78 is 7.18. The summed E-state index contributed by atoms with van der Waals surface area (Å²) >= 11 is 0.